The molecule has 0 bridgehead atoms. The van der Waals surface area contributed by atoms with Crippen molar-refractivity contribution >= 4 is 0 Å². The van der Waals surface area contributed by atoms with E-state index in [9.17, 15) is 0 Å². The summed E-state index contributed by atoms with van der Waals surface area (Å²) in [5.41, 5.74) is 2.89. The number of aryl methyl sites for hydroxylation is 1. The molecule has 1 heterocycles. The van der Waals surface area contributed by atoms with E-state index in [0.717, 1.165) is 5.75 Å². The van der Waals surface area contributed by atoms with E-state index in [1.807, 2.05) is 0 Å². The van der Waals surface area contributed by atoms with Crippen LogP contribution in [0.4, 0.5) is 0 Å². The molecule has 0 saturated heterocycles. The Morgan fingerprint density at radius 1 is 1.20 bits per heavy atom. The van der Waals surface area contributed by atoms with Gasteiger partial charge in [0.25, 0.3) is 0 Å². The first-order valence-electron chi connectivity index (χ1n) is 5.67. The molecule has 0 radical (unpaired) electrons. The summed E-state index contributed by atoms with van der Waals surface area (Å²) >= 11 is 0. The van der Waals surface area contributed by atoms with Gasteiger partial charge < -0.3 is 4.74 Å². The predicted octanol–water partition coefficient (Wildman–Crippen LogP) is 3.91. The zero-order chi connectivity index (χ0) is 11.2. The summed E-state index contributed by atoms with van der Waals surface area (Å²) in [6.07, 6.45) is 0.300. The van der Waals surface area contributed by atoms with Gasteiger partial charge in [-0.3, -0.25) is 0 Å². The van der Waals surface area contributed by atoms with E-state index in [1.165, 1.54) is 11.1 Å². The summed E-state index contributed by atoms with van der Waals surface area (Å²) in [6.45, 7) is 11.1. The van der Waals surface area contributed by atoms with Gasteiger partial charge in [0.2, 0.25) is 0 Å². The number of rotatable bonds is 0. The van der Waals surface area contributed by atoms with Crippen molar-refractivity contribution in [3.05, 3.63) is 29.3 Å². The summed E-state index contributed by atoms with van der Waals surface area (Å²) in [7, 11) is 0. The molecule has 15 heavy (non-hydrogen) atoms. The summed E-state index contributed by atoms with van der Waals surface area (Å²) in [5, 5.41) is 0. The second-order valence-corrected chi connectivity index (χ2v) is 5.73. The molecule has 0 N–H and O–H groups in total. The van der Waals surface area contributed by atoms with Crippen LogP contribution in [0.2, 0.25) is 0 Å². The topological polar surface area (TPSA) is 9.23 Å². The van der Waals surface area contributed by atoms with Crippen molar-refractivity contribution in [3.63, 3.8) is 0 Å². The van der Waals surface area contributed by atoms with Crippen LogP contribution in [0.1, 0.15) is 44.7 Å². The van der Waals surface area contributed by atoms with Crippen molar-refractivity contribution in [1.82, 2.24) is 0 Å². The van der Waals surface area contributed by atoms with Gasteiger partial charge in [-0.05, 0) is 18.4 Å². The van der Waals surface area contributed by atoms with E-state index in [0.29, 0.717) is 12.0 Å². The van der Waals surface area contributed by atoms with Crippen LogP contribution in [-0.4, -0.2) is 6.10 Å². The zero-order valence-electron chi connectivity index (χ0n) is 10.3. The number of benzene rings is 1. The highest BCUT2D eigenvalue weighted by Gasteiger charge is 2.38. The first-order chi connectivity index (χ1) is 6.89. The Balaban J connectivity index is 2.38. The minimum Gasteiger partial charge on any atom is -0.489 e. The predicted molar refractivity (Wildman–Crippen MR) is 63.5 cm³/mol. The maximum atomic E-state index is 6.04. The molecule has 0 aliphatic carbocycles. The molecule has 0 saturated carbocycles. The Kier molecular flexibility index (Phi) is 2.29. The van der Waals surface area contributed by atoms with Crippen LogP contribution in [-0.2, 0) is 0 Å². The second-order valence-electron chi connectivity index (χ2n) is 5.73. The smallest absolute Gasteiger partial charge is 0.123 e. The van der Waals surface area contributed by atoms with Gasteiger partial charge in [-0.25, -0.2) is 0 Å². The lowest BCUT2D eigenvalue weighted by atomic mass is 9.80. The molecule has 0 amide bonds. The maximum absolute atomic E-state index is 6.04. The molecule has 0 fully saturated rings. The van der Waals surface area contributed by atoms with Gasteiger partial charge in [-0.15, -0.1) is 0 Å². The molecule has 82 valence electrons. The third-order valence-electron chi connectivity index (χ3n) is 3.22. The normalized spacial score (nSPS) is 24.9. The lowest BCUT2D eigenvalue weighted by molar-refractivity contribution is 0.0910. The Hall–Kier alpha value is -0.980. The van der Waals surface area contributed by atoms with E-state index in [2.05, 4.69) is 52.8 Å². The average Bonchev–Trinajstić information content (AvgIpc) is 2.43. The average molecular weight is 204 g/mol. The molecule has 2 unspecified atom stereocenters. The van der Waals surface area contributed by atoms with E-state index < -0.39 is 0 Å². The number of hydrogen-bond donors (Lipinski definition) is 0. The molecule has 1 aliphatic rings. The molecule has 1 aliphatic heterocycles. The molecule has 2 atom stereocenters. The molecule has 0 spiro atoms. The third-order valence-corrected chi connectivity index (χ3v) is 3.22. The molecular weight excluding hydrogens is 184 g/mol. The number of fused-ring (bicyclic) bond motifs is 1. The van der Waals surface area contributed by atoms with Crippen molar-refractivity contribution in [1.29, 1.82) is 0 Å². The first-order valence-corrected chi connectivity index (χ1v) is 5.67. The lowest BCUT2D eigenvalue weighted by Gasteiger charge is -2.29. The highest BCUT2D eigenvalue weighted by atomic mass is 16.5. The molecular formula is C14H20O. The minimum absolute atomic E-state index is 0.201. The Bertz CT molecular complexity index is 373. The Morgan fingerprint density at radius 2 is 1.87 bits per heavy atom. The fourth-order valence-corrected chi connectivity index (χ4v) is 2.46. The molecule has 1 heteroatoms. The maximum Gasteiger partial charge on any atom is 0.123 e. The quantitative estimate of drug-likeness (QED) is 0.622. The van der Waals surface area contributed by atoms with Crippen LogP contribution in [0.25, 0.3) is 0 Å². The summed E-state index contributed by atoms with van der Waals surface area (Å²) in [4.78, 5) is 0. The third kappa shape index (κ3) is 1.75. The Morgan fingerprint density at radius 3 is 2.47 bits per heavy atom. The summed E-state index contributed by atoms with van der Waals surface area (Å²) in [5.74, 6) is 1.58. The first kappa shape index (κ1) is 10.5. The Labute approximate surface area is 92.5 Å². The van der Waals surface area contributed by atoms with Gasteiger partial charge in [0.15, 0.2) is 0 Å². The van der Waals surface area contributed by atoms with Crippen LogP contribution < -0.4 is 4.74 Å². The van der Waals surface area contributed by atoms with Crippen molar-refractivity contribution in [3.8, 4) is 5.75 Å². The van der Waals surface area contributed by atoms with Crippen molar-refractivity contribution in [2.75, 3.05) is 0 Å². The number of ether oxygens (including phenoxy) is 1. The van der Waals surface area contributed by atoms with E-state index in [1.54, 1.807) is 0 Å². The van der Waals surface area contributed by atoms with Crippen LogP contribution in [0.5, 0.6) is 5.75 Å². The summed E-state index contributed by atoms with van der Waals surface area (Å²) < 4.78 is 6.04. The van der Waals surface area contributed by atoms with Gasteiger partial charge in [0.05, 0.1) is 0 Å². The van der Waals surface area contributed by atoms with Gasteiger partial charge in [-0.2, -0.15) is 0 Å². The van der Waals surface area contributed by atoms with Crippen LogP contribution in [0.3, 0.4) is 0 Å². The molecule has 1 nitrogen and oxygen atoms in total. The second kappa shape index (κ2) is 3.26. The van der Waals surface area contributed by atoms with Crippen molar-refractivity contribution in [2.45, 2.75) is 46.6 Å². The largest absolute Gasteiger partial charge is 0.489 e. The van der Waals surface area contributed by atoms with Crippen LogP contribution in [0.15, 0.2) is 18.2 Å². The van der Waals surface area contributed by atoms with Gasteiger partial charge in [0.1, 0.15) is 11.9 Å². The summed E-state index contributed by atoms with van der Waals surface area (Å²) in [6, 6.07) is 6.48. The van der Waals surface area contributed by atoms with Gasteiger partial charge in [-0.1, -0.05) is 45.4 Å². The van der Waals surface area contributed by atoms with Crippen LogP contribution >= 0.6 is 0 Å². The van der Waals surface area contributed by atoms with E-state index in [4.69, 9.17) is 4.74 Å². The van der Waals surface area contributed by atoms with Gasteiger partial charge >= 0.3 is 0 Å². The van der Waals surface area contributed by atoms with Gasteiger partial charge in [0, 0.05) is 11.5 Å². The lowest BCUT2D eigenvalue weighted by Crippen LogP contribution is -2.32. The van der Waals surface area contributed by atoms with E-state index >= 15 is 0 Å². The van der Waals surface area contributed by atoms with E-state index in [-0.39, 0.29) is 5.41 Å². The monoisotopic (exact) mass is 204 g/mol. The SMILES string of the molecule is Cc1ccc2c(c1)C(C)C(C(C)(C)C)O2. The molecule has 1 aromatic rings. The highest BCUT2D eigenvalue weighted by Crippen LogP contribution is 2.44. The highest BCUT2D eigenvalue weighted by molar-refractivity contribution is 5.43. The number of hydrogen-bond acceptors (Lipinski definition) is 1. The minimum atomic E-state index is 0.201. The molecule has 2 rings (SSSR count). The zero-order valence-corrected chi connectivity index (χ0v) is 10.3. The molecule has 1 aromatic carbocycles. The molecule has 0 aromatic heterocycles. The fraction of sp³-hybridized carbons (Fsp3) is 0.571. The standard InChI is InChI=1S/C14H20O/c1-9-6-7-12-11(8-9)10(2)13(15-12)14(3,4)5/h6-8,10,13H,1-5H3. The van der Waals surface area contributed by atoms with Crippen LogP contribution in [0, 0.1) is 12.3 Å². The fourth-order valence-electron chi connectivity index (χ4n) is 2.46. The van der Waals surface area contributed by atoms with Crippen molar-refractivity contribution < 1.29 is 4.74 Å². The van der Waals surface area contributed by atoms with Crippen molar-refractivity contribution in [2.24, 2.45) is 5.41 Å².